The Hall–Kier alpha value is -2.35. The summed E-state index contributed by atoms with van der Waals surface area (Å²) in [5.74, 6) is 0.387. The van der Waals surface area contributed by atoms with Gasteiger partial charge in [-0.2, -0.15) is 0 Å². The van der Waals surface area contributed by atoms with E-state index in [1.807, 2.05) is 24.3 Å². The van der Waals surface area contributed by atoms with Gasteiger partial charge >= 0.3 is 5.97 Å². The van der Waals surface area contributed by atoms with Crippen LogP contribution in [-0.4, -0.2) is 5.97 Å². The van der Waals surface area contributed by atoms with E-state index in [0.29, 0.717) is 12.2 Å². The lowest BCUT2D eigenvalue weighted by molar-refractivity contribution is -0.134. The number of carbonyl (C=O) groups excluding carboxylic acids is 1. The Kier molecular flexibility index (Phi) is 5.52. The van der Waals surface area contributed by atoms with Crippen molar-refractivity contribution >= 4 is 17.6 Å². The monoisotopic (exact) mass is 376 g/mol. The maximum atomic E-state index is 11.4. The molecule has 2 nitrogen and oxygen atoms in total. The largest absolute Gasteiger partial charge is 0.427 e. The summed E-state index contributed by atoms with van der Waals surface area (Å²) in [5, 5.41) is 0. The van der Waals surface area contributed by atoms with Crippen molar-refractivity contribution in [1.29, 1.82) is 0 Å². The van der Waals surface area contributed by atoms with Gasteiger partial charge in [0.15, 0.2) is 0 Å². The zero-order valence-corrected chi connectivity index (χ0v) is 18.1. The number of esters is 1. The van der Waals surface area contributed by atoms with Gasteiger partial charge in [-0.15, -0.1) is 0 Å². The summed E-state index contributed by atoms with van der Waals surface area (Å²) in [6.07, 6.45) is 5.02. The van der Waals surface area contributed by atoms with E-state index in [2.05, 4.69) is 58.9 Å². The molecule has 28 heavy (non-hydrogen) atoms. The van der Waals surface area contributed by atoms with Crippen LogP contribution in [0.4, 0.5) is 0 Å². The molecule has 0 unspecified atom stereocenters. The highest BCUT2D eigenvalue weighted by atomic mass is 16.5. The molecule has 0 spiro atoms. The van der Waals surface area contributed by atoms with Crippen LogP contribution in [0.15, 0.2) is 42.5 Å². The Bertz CT molecular complexity index is 899. The molecule has 0 atom stereocenters. The molecule has 3 rings (SSSR count). The second-order valence-corrected chi connectivity index (χ2v) is 9.25. The van der Waals surface area contributed by atoms with Crippen LogP contribution in [0.5, 0.6) is 5.75 Å². The molecular weight excluding hydrogens is 344 g/mol. The topological polar surface area (TPSA) is 26.3 Å². The van der Waals surface area contributed by atoms with Gasteiger partial charge in [-0.25, -0.2) is 0 Å². The summed E-state index contributed by atoms with van der Waals surface area (Å²) in [4.78, 5) is 11.4. The van der Waals surface area contributed by atoms with Gasteiger partial charge in [0, 0.05) is 6.42 Å². The van der Waals surface area contributed by atoms with Crippen LogP contribution >= 0.6 is 0 Å². The lowest BCUT2D eigenvalue weighted by atomic mass is 9.63. The molecule has 0 amide bonds. The molecule has 0 N–H and O–H groups in total. The third-order valence-corrected chi connectivity index (χ3v) is 6.09. The summed E-state index contributed by atoms with van der Waals surface area (Å²) in [6, 6.07) is 14.7. The number of benzene rings is 2. The first-order valence-corrected chi connectivity index (χ1v) is 10.3. The Morgan fingerprint density at radius 3 is 2.18 bits per heavy atom. The number of fused-ring (bicyclic) bond motifs is 1. The van der Waals surface area contributed by atoms with Crippen LogP contribution < -0.4 is 4.74 Å². The molecule has 0 aromatic heterocycles. The SMILES string of the molecule is CCC(=O)Oc1ccc(C=C(C)c2ccc3c(c2)C(C)(C)CCC3(C)C)cc1. The highest BCUT2D eigenvalue weighted by Crippen LogP contribution is 2.46. The van der Waals surface area contributed by atoms with Crippen LogP contribution in [0.2, 0.25) is 0 Å². The third-order valence-electron chi connectivity index (χ3n) is 6.09. The molecule has 2 aromatic rings. The van der Waals surface area contributed by atoms with Crippen molar-refractivity contribution in [2.45, 2.75) is 71.6 Å². The number of ether oxygens (including phenoxy) is 1. The molecule has 2 heteroatoms. The summed E-state index contributed by atoms with van der Waals surface area (Å²) < 4.78 is 5.25. The average molecular weight is 377 g/mol. The molecule has 0 bridgehead atoms. The quantitative estimate of drug-likeness (QED) is 0.329. The van der Waals surface area contributed by atoms with Crippen molar-refractivity contribution in [3.8, 4) is 5.75 Å². The minimum atomic E-state index is -0.209. The van der Waals surface area contributed by atoms with Gasteiger partial charge in [0.2, 0.25) is 0 Å². The van der Waals surface area contributed by atoms with E-state index in [1.54, 1.807) is 6.92 Å². The number of carbonyl (C=O) groups is 1. The fourth-order valence-corrected chi connectivity index (χ4v) is 4.00. The second-order valence-electron chi connectivity index (χ2n) is 9.25. The van der Waals surface area contributed by atoms with E-state index in [-0.39, 0.29) is 16.8 Å². The van der Waals surface area contributed by atoms with E-state index < -0.39 is 0 Å². The van der Waals surface area contributed by atoms with Crippen LogP contribution in [0.1, 0.15) is 83.1 Å². The van der Waals surface area contributed by atoms with Crippen molar-refractivity contribution in [1.82, 2.24) is 0 Å². The molecule has 0 fully saturated rings. The highest BCUT2D eigenvalue weighted by Gasteiger charge is 2.36. The standard InChI is InChI=1S/C26H32O2/c1-7-24(27)28-21-11-8-19(9-12-21)16-18(2)20-10-13-22-23(17-20)26(5,6)15-14-25(22,3)4/h8-13,16-17H,7,14-15H2,1-6H3. The summed E-state index contributed by atoms with van der Waals surface area (Å²) in [6.45, 7) is 13.4. The van der Waals surface area contributed by atoms with E-state index in [4.69, 9.17) is 4.74 Å². The van der Waals surface area contributed by atoms with Crippen molar-refractivity contribution in [2.24, 2.45) is 0 Å². The molecule has 148 valence electrons. The molecule has 0 radical (unpaired) electrons. The van der Waals surface area contributed by atoms with Crippen LogP contribution in [0.25, 0.3) is 11.6 Å². The number of hydrogen-bond donors (Lipinski definition) is 0. The van der Waals surface area contributed by atoms with Crippen molar-refractivity contribution in [2.75, 3.05) is 0 Å². The zero-order valence-electron chi connectivity index (χ0n) is 18.1. The van der Waals surface area contributed by atoms with E-state index >= 15 is 0 Å². The van der Waals surface area contributed by atoms with Crippen molar-refractivity contribution in [3.63, 3.8) is 0 Å². The Balaban J connectivity index is 1.89. The minimum Gasteiger partial charge on any atom is -0.427 e. The molecule has 2 aromatic carbocycles. The van der Waals surface area contributed by atoms with Gasteiger partial charge < -0.3 is 4.74 Å². The predicted molar refractivity (Wildman–Crippen MR) is 118 cm³/mol. The summed E-state index contributed by atoms with van der Waals surface area (Å²) >= 11 is 0. The zero-order chi connectivity index (χ0) is 20.5. The fraction of sp³-hybridized carbons (Fsp3) is 0.423. The smallest absolute Gasteiger partial charge is 0.310 e. The molecule has 0 saturated carbocycles. The average Bonchev–Trinajstić information content (AvgIpc) is 2.66. The van der Waals surface area contributed by atoms with Gasteiger partial charge in [0.25, 0.3) is 0 Å². The molecule has 0 heterocycles. The second kappa shape index (κ2) is 7.58. The van der Waals surface area contributed by atoms with Gasteiger partial charge in [0.05, 0.1) is 0 Å². The normalized spacial score (nSPS) is 17.7. The van der Waals surface area contributed by atoms with Crippen LogP contribution in [0, 0.1) is 0 Å². The lowest BCUT2D eigenvalue weighted by Crippen LogP contribution is -2.33. The molecule has 1 aliphatic carbocycles. The van der Waals surface area contributed by atoms with E-state index in [9.17, 15) is 4.79 Å². The lowest BCUT2D eigenvalue weighted by Gasteiger charge is -2.42. The molecular formula is C26H32O2. The number of allylic oxidation sites excluding steroid dienone is 1. The van der Waals surface area contributed by atoms with Crippen molar-refractivity contribution in [3.05, 3.63) is 64.7 Å². The van der Waals surface area contributed by atoms with Gasteiger partial charge in [-0.3, -0.25) is 4.79 Å². The fourth-order valence-electron chi connectivity index (χ4n) is 4.00. The first-order valence-electron chi connectivity index (χ1n) is 10.3. The maximum absolute atomic E-state index is 11.4. The number of hydrogen-bond acceptors (Lipinski definition) is 2. The first kappa shape index (κ1) is 20.4. The summed E-state index contributed by atoms with van der Waals surface area (Å²) in [7, 11) is 0. The Morgan fingerprint density at radius 2 is 1.57 bits per heavy atom. The predicted octanol–water partition coefficient (Wildman–Crippen LogP) is 6.91. The van der Waals surface area contributed by atoms with E-state index in [1.165, 1.54) is 35.1 Å². The van der Waals surface area contributed by atoms with Gasteiger partial charge in [-0.05, 0) is 70.6 Å². The summed E-state index contributed by atoms with van der Waals surface area (Å²) in [5.41, 5.74) is 7.04. The van der Waals surface area contributed by atoms with Crippen molar-refractivity contribution < 1.29 is 9.53 Å². The number of rotatable bonds is 4. The Labute approximate surface area is 169 Å². The first-order chi connectivity index (χ1) is 13.1. The van der Waals surface area contributed by atoms with Gasteiger partial charge in [-0.1, -0.05) is 71.0 Å². The maximum Gasteiger partial charge on any atom is 0.310 e. The molecule has 1 aliphatic rings. The van der Waals surface area contributed by atoms with Crippen LogP contribution in [-0.2, 0) is 15.6 Å². The molecule has 0 saturated heterocycles. The molecule has 0 aliphatic heterocycles. The van der Waals surface area contributed by atoms with E-state index in [0.717, 1.165) is 5.56 Å². The van der Waals surface area contributed by atoms with Gasteiger partial charge in [0.1, 0.15) is 5.75 Å². The van der Waals surface area contributed by atoms with Crippen LogP contribution in [0.3, 0.4) is 0 Å². The highest BCUT2D eigenvalue weighted by molar-refractivity contribution is 5.81. The third kappa shape index (κ3) is 4.22. The Morgan fingerprint density at radius 1 is 0.964 bits per heavy atom. The minimum absolute atomic E-state index is 0.209.